The van der Waals surface area contributed by atoms with Gasteiger partial charge in [0.2, 0.25) is 5.95 Å². The summed E-state index contributed by atoms with van der Waals surface area (Å²) < 4.78 is 1.96. The number of aromatic nitrogens is 6. The van der Waals surface area contributed by atoms with Crippen molar-refractivity contribution >= 4 is 23.2 Å². The van der Waals surface area contributed by atoms with Crippen LogP contribution >= 0.6 is 11.6 Å². The summed E-state index contributed by atoms with van der Waals surface area (Å²) in [6.07, 6.45) is 8.64. The summed E-state index contributed by atoms with van der Waals surface area (Å²) in [6, 6.07) is 2.16. The van der Waals surface area contributed by atoms with Crippen molar-refractivity contribution in [3.05, 3.63) is 40.6 Å². The molecule has 128 valence electrons. The van der Waals surface area contributed by atoms with Crippen LogP contribution in [0.15, 0.2) is 18.5 Å². The van der Waals surface area contributed by atoms with Crippen molar-refractivity contribution in [3.8, 4) is 0 Å². The maximum absolute atomic E-state index is 5.87. The molecule has 0 atom stereocenters. The fourth-order valence-electron chi connectivity index (χ4n) is 3.86. The van der Waals surface area contributed by atoms with E-state index in [-0.39, 0.29) is 0 Å². The highest BCUT2D eigenvalue weighted by atomic mass is 35.5. The molecule has 1 aliphatic carbocycles. The maximum Gasteiger partial charge on any atom is 0.225 e. The van der Waals surface area contributed by atoms with Gasteiger partial charge in [0, 0.05) is 19.0 Å². The molecule has 0 aromatic carbocycles. The molecule has 25 heavy (non-hydrogen) atoms. The van der Waals surface area contributed by atoms with Crippen molar-refractivity contribution in [2.24, 2.45) is 0 Å². The van der Waals surface area contributed by atoms with E-state index < -0.39 is 0 Å². The molecular formula is C17H18ClN7. The predicted molar refractivity (Wildman–Crippen MR) is 94.0 cm³/mol. The van der Waals surface area contributed by atoms with Crippen LogP contribution in [0.2, 0.25) is 5.02 Å². The first-order chi connectivity index (χ1) is 12.3. The Morgan fingerprint density at radius 1 is 1.04 bits per heavy atom. The number of aryl methyl sites for hydroxylation is 2. The van der Waals surface area contributed by atoms with E-state index in [9.17, 15) is 0 Å². The van der Waals surface area contributed by atoms with Gasteiger partial charge < -0.3 is 4.90 Å². The SMILES string of the molecule is Clc1cnc(N2CCC(c3nnc4cc5c(nn34)CCC5)CC2)nc1. The molecule has 0 bridgehead atoms. The quantitative estimate of drug-likeness (QED) is 0.703. The van der Waals surface area contributed by atoms with Gasteiger partial charge in [-0.3, -0.25) is 0 Å². The summed E-state index contributed by atoms with van der Waals surface area (Å²) in [4.78, 5) is 10.8. The van der Waals surface area contributed by atoms with Crippen LogP contribution in [0.5, 0.6) is 0 Å². The zero-order valence-corrected chi connectivity index (χ0v) is 14.5. The van der Waals surface area contributed by atoms with Gasteiger partial charge in [0.05, 0.1) is 23.1 Å². The van der Waals surface area contributed by atoms with Crippen LogP contribution < -0.4 is 4.90 Å². The predicted octanol–water partition coefficient (Wildman–Crippen LogP) is 2.44. The van der Waals surface area contributed by atoms with E-state index in [4.69, 9.17) is 16.7 Å². The zero-order chi connectivity index (χ0) is 16.8. The molecule has 7 nitrogen and oxygen atoms in total. The van der Waals surface area contributed by atoms with Gasteiger partial charge in [0.15, 0.2) is 11.5 Å². The van der Waals surface area contributed by atoms with Crippen LogP contribution in [0.25, 0.3) is 5.65 Å². The van der Waals surface area contributed by atoms with Crippen molar-refractivity contribution in [2.75, 3.05) is 18.0 Å². The monoisotopic (exact) mass is 355 g/mol. The molecule has 5 rings (SSSR count). The molecule has 3 aromatic heterocycles. The average molecular weight is 356 g/mol. The number of rotatable bonds is 2. The number of piperidine rings is 1. The zero-order valence-electron chi connectivity index (χ0n) is 13.8. The van der Waals surface area contributed by atoms with E-state index in [1.165, 1.54) is 17.7 Å². The molecule has 1 saturated heterocycles. The van der Waals surface area contributed by atoms with E-state index in [2.05, 4.69) is 31.1 Å². The summed E-state index contributed by atoms with van der Waals surface area (Å²) >= 11 is 5.87. The smallest absolute Gasteiger partial charge is 0.225 e. The fraction of sp³-hybridized carbons (Fsp3) is 0.471. The standard InChI is InChI=1S/C17H18ClN7/c18-13-9-19-17(20-10-13)24-6-4-11(5-7-24)16-22-21-15-8-12-2-1-3-14(12)23-25(15)16/h8-11H,1-7H2. The normalized spacial score (nSPS) is 18.0. The number of nitrogens with zero attached hydrogens (tertiary/aromatic N) is 7. The van der Waals surface area contributed by atoms with Crippen molar-refractivity contribution < 1.29 is 0 Å². The van der Waals surface area contributed by atoms with Crippen LogP contribution in [-0.4, -0.2) is 42.9 Å². The third kappa shape index (κ3) is 2.63. The molecule has 4 heterocycles. The van der Waals surface area contributed by atoms with Crippen LogP contribution in [-0.2, 0) is 12.8 Å². The van der Waals surface area contributed by atoms with Crippen LogP contribution in [0.1, 0.15) is 42.3 Å². The average Bonchev–Trinajstić information content (AvgIpc) is 3.26. The minimum absolute atomic E-state index is 0.366. The molecule has 0 radical (unpaired) electrons. The first kappa shape index (κ1) is 15.0. The highest BCUT2D eigenvalue weighted by Gasteiger charge is 2.27. The molecule has 0 amide bonds. The van der Waals surface area contributed by atoms with E-state index in [0.29, 0.717) is 10.9 Å². The second-order valence-electron chi connectivity index (χ2n) is 6.76. The van der Waals surface area contributed by atoms with Crippen LogP contribution in [0.4, 0.5) is 5.95 Å². The van der Waals surface area contributed by atoms with Gasteiger partial charge in [0.25, 0.3) is 0 Å². The van der Waals surface area contributed by atoms with Crippen LogP contribution in [0.3, 0.4) is 0 Å². The number of hydrogen-bond donors (Lipinski definition) is 0. The highest BCUT2D eigenvalue weighted by Crippen LogP contribution is 2.29. The first-order valence-electron chi connectivity index (χ1n) is 8.74. The van der Waals surface area contributed by atoms with Crippen LogP contribution in [0, 0.1) is 0 Å². The second kappa shape index (κ2) is 5.91. The third-order valence-electron chi connectivity index (χ3n) is 5.19. The number of anilines is 1. The maximum atomic E-state index is 5.87. The Labute approximate surface area is 150 Å². The topological polar surface area (TPSA) is 72.1 Å². The summed E-state index contributed by atoms with van der Waals surface area (Å²) in [5.74, 6) is 2.09. The summed E-state index contributed by atoms with van der Waals surface area (Å²) in [5.41, 5.74) is 3.42. The minimum Gasteiger partial charge on any atom is -0.341 e. The van der Waals surface area contributed by atoms with Gasteiger partial charge in [-0.25, -0.2) is 9.97 Å². The van der Waals surface area contributed by atoms with Gasteiger partial charge in [-0.05, 0) is 43.7 Å². The lowest BCUT2D eigenvalue weighted by molar-refractivity contribution is 0.472. The molecule has 1 fully saturated rings. The number of hydrogen-bond acceptors (Lipinski definition) is 6. The van der Waals surface area contributed by atoms with Gasteiger partial charge in [-0.15, -0.1) is 10.2 Å². The van der Waals surface area contributed by atoms with Crippen molar-refractivity contribution in [3.63, 3.8) is 0 Å². The van der Waals surface area contributed by atoms with E-state index in [0.717, 1.165) is 56.2 Å². The molecule has 8 heteroatoms. The lowest BCUT2D eigenvalue weighted by Gasteiger charge is -2.30. The molecule has 0 N–H and O–H groups in total. The fourth-order valence-corrected chi connectivity index (χ4v) is 3.95. The molecule has 1 aliphatic heterocycles. The molecule has 0 saturated carbocycles. The van der Waals surface area contributed by atoms with E-state index in [1.54, 1.807) is 12.4 Å². The molecule has 2 aliphatic rings. The van der Waals surface area contributed by atoms with E-state index >= 15 is 0 Å². The van der Waals surface area contributed by atoms with Gasteiger partial charge in [-0.1, -0.05) is 11.6 Å². The molecule has 0 unspecified atom stereocenters. The Morgan fingerprint density at radius 2 is 1.84 bits per heavy atom. The Bertz CT molecular complexity index is 913. The number of fused-ring (bicyclic) bond motifs is 2. The van der Waals surface area contributed by atoms with Gasteiger partial charge in [0.1, 0.15) is 0 Å². The molecule has 0 spiro atoms. The Balaban J connectivity index is 1.37. The van der Waals surface area contributed by atoms with Gasteiger partial charge in [-0.2, -0.15) is 9.61 Å². The first-order valence-corrected chi connectivity index (χ1v) is 9.12. The van der Waals surface area contributed by atoms with Crippen molar-refractivity contribution in [1.29, 1.82) is 0 Å². The molecular weight excluding hydrogens is 338 g/mol. The van der Waals surface area contributed by atoms with Crippen molar-refractivity contribution in [1.82, 2.24) is 29.8 Å². The largest absolute Gasteiger partial charge is 0.341 e. The summed E-state index contributed by atoms with van der Waals surface area (Å²) in [6.45, 7) is 1.79. The van der Waals surface area contributed by atoms with Gasteiger partial charge >= 0.3 is 0 Å². The minimum atomic E-state index is 0.366. The third-order valence-corrected chi connectivity index (χ3v) is 5.39. The molecule has 3 aromatic rings. The van der Waals surface area contributed by atoms with Crippen molar-refractivity contribution in [2.45, 2.75) is 38.0 Å². The lowest BCUT2D eigenvalue weighted by Crippen LogP contribution is -2.34. The Hall–Kier alpha value is -2.28. The highest BCUT2D eigenvalue weighted by molar-refractivity contribution is 6.30. The summed E-state index contributed by atoms with van der Waals surface area (Å²) in [5, 5.41) is 14.2. The van der Waals surface area contributed by atoms with E-state index in [1.807, 2.05) is 4.52 Å². The lowest BCUT2D eigenvalue weighted by atomic mass is 9.96. The summed E-state index contributed by atoms with van der Waals surface area (Å²) in [7, 11) is 0. The number of halogens is 1. The Kier molecular flexibility index (Phi) is 3.55. The second-order valence-corrected chi connectivity index (χ2v) is 7.20. The Morgan fingerprint density at radius 3 is 2.64 bits per heavy atom.